The van der Waals surface area contributed by atoms with E-state index >= 15 is 0 Å². The zero-order valence-corrected chi connectivity index (χ0v) is 8.44. The van der Waals surface area contributed by atoms with Crippen LogP contribution in [0, 0.1) is 6.92 Å². The Bertz CT molecular complexity index is 361. The van der Waals surface area contributed by atoms with E-state index in [1.54, 1.807) is 13.8 Å². The topological polar surface area (TPSA) is 94.3 Å². The fraction of sp³-hybridized carbons (Fsp3) is 0.500. The van der Waals surface area contributed by atoms with Gasteiger partial charge in [0.15, 0.2) is 0 Å². The third-order valence-electron chi connectivity index (χ3n) is 1.43. The normalized spacial score (nSPS) is 9.73. The molecule has 0 bridgehead atoms. The minimum absolute atomic E-state index is 0.0124. The number of esters is 1. The van der Waals surface area contributed by atoms with Gasteiger partial charge in [0.05, 0.1) is 13.2 Å². The first-order chi connectivity index (χ1) is 7.13. The monoisotopic (exact) mass is 213 g/mol. The van der Waals surface area contributed by atoms with Crippen LogP contribution in [-0.4, -0.2) is 28.7 Å². The molecule has 15 heavy (non-hydrogen) atoms. The van der Waals surface area contributed by atoms with Crippen LogP contribution in [0.5, 0.6) is 0 Å². The molecule has 0 aliphatic carbocycles. The summed E-state index contributed by atoms with van der Waals surface area (Å²) in [7, 11) is 0. The molecule has 0 saturated carbocycles. The van der Waals surface area contributed by atoms with Crippen LogP contribution in [0.3, 0.4) is 0 Å². The molecule has 82 valence electrons. The SMILES string of the molecule is CCOC(=O)C(=O)NCc1nnc(C)o1. The Labute approximate surface area is 85.8 Å². The van der Waals surface area contributed by atoms with Crippen molar-refractivity contribution in [2.24, 2.45) is 0 Å². The number of hydrogen-bond acceptors (Lipinski definition) is 6. The van der Waals surface area contributed by atoms with Crippen LogP contribution in [0.15, 0.2) is 4.42 Å². The van der Waals surface area contributed by atoms with E-state index in [2.05, 4.69) is 20.3 Å². The highest BCUT2D eigenvalue weighted by molar-refractivity contribution is 6.32. The number of nitrogens with one attached hydrogen (secondary N) is 1. The van der Waals surface area contributed by atoms with Crippen molar-refractivity contribution >= 4 is 11.9 Å². The molecule has 0 saturated heterocycles. The van der Waals surface area contributed by atoms with Crippen molar-refractivity contribution in [3.05, 3.63) is 11.8 Å². The Kier molecular flexibility index (Phi) is 3.78. The van der Waals surface area contributed by atoms with Gasteiger partial charge in [0.25, 0.3) is 0 Å². The molecule has 1 rings (SSSR count). The van der Waals surface area contributed by atoms with E-state index in [1.165, 1.54) is 0 Å². The van der Waals surface area contributed by atoms with Crippen molar-refractivity contribution in [1.29, 1.82) is 0 Å². The lowest BCUT2D eigenvalue weighted by Gasteiger charge is -2.01. The molecule has 0 spiro atoms. The molecule has 0 aliphatic rings. The maximum Gasteiger partial charge on any atom is 0.396 e. The third-order valence-corrected chi connectivity index (χ3v) is 1.43. The summed E-state index contributed by atoms with van der Waals surface area (Å²) in [5, 5.41) is 9.49. The summed E-state index contributed by atoms with van der Waals surface area (Å²) in [6.45, 7) is 3.42. The number of ether oxygens (including phenoxy) is 1. The van der Waals surface area contributed by atoms with Gasteiger partial charge in [-0.25, -0.2) is 4.79 Å². The quantitative estimate of drug-likeness (QED) is 0.540. The van der Waals surface area contributed by atoms with Crippen molar-refractivity contribution in [2.45, 2.75) is 20.4 Å². The lowest BCUT2D eigenvalue weighted by Crippen LogP contribution is -2.32. The van der Waals surface area contributed by atoms with Crippen molar-refractivity contribution in [1.82, 2.24) is 15.5 Å². The van der Waals surface area contributed by atoms with Gasteiger partial charge in [0, 0.05) is 6.92 Å². The van der Waals surface area contributed by atoms with Crippen LogP contribution < -0.4 is 5.32 Å². The Hall–Kier alpha value is -1.92. The number of aryl methyl sites for hydroxylation is 1. The van der Waals surface area contributed by atoms with Crippen LogP contribution in [0.4, 0.5) is 0 Å². The molecule has 0 aliphatic heterocycles. The van der Waals surface area contributed by atoms with E-state index in [0.717, 1.165) is 0 Å². The number of aromatic nitrogens is 2. The molecule has 1 heterocycles. The van der Waals surface area contributed by atoms with Gasteiger partial charge in [-0.3, -0.25) is 4.79 Å². The van der Waals surface area contributed by atoms with Crippen LogP contribution in [-0.2, 0) is 20.9 Å². The number of nitrogens with zero attached hydrogens (tertiary/aromatic N) is 2. The summed E-state index contributed by atoms with van der Waals surface area (Å²) < 4.78 is 9.46. The summed E-state index contributed by atoms with van der Waals surface area (Å²) in [4.78, 5) is 21.9. The van der Waals surface area contributed by atoms with Gasteiger partial charge in [-0.05, 0) is 6.92 Å². The first-order valence-electron chi connectivity index (χ1n) is 4.37. The summed E-state index contributed by atoms with van der Waals surface area (Å²) in [5.74, 6) is -1.11. The molecule has 1 aromatic rings. The molecule has 0 unspecified atom stereocenters. The first-order valence-corrected chi connectivity index (χ1v) is 4.37. The molecule has 7 heteroatoms. The van der Waals surface area contributed by atoms with Crippen molar-refractivity contribution < 1.29 is 18.7 Å². The smallest absolute Gasteiger partial charge is 0.396 e. The lowest BCUT2D eigenvalue weighted by molar-refractivity contribution is -0.154. The van der Waals surface area contributed by atoms with Gasteiger partial charge >= 0.3 is 11.9 Å². The van der Waals surface area contributed by atoms with Gasteiger partial charge in [0.1, 0.15) is 0 Å². The minimum Gasteiger partial charge on any atom is -0.459 e. The van der Waals surface area contributed by atoms with Gasteiger partial charge < -0.3 is 14.5 Å². The standard InChI is InChI=1S/C8H11N3O4/c1-3-14-8(13)7(12)9-4-6-11-10-5(2)15-6/h3-4H2,1-2H3,(H,9,12). The second kappa shape index (κ2) is 5.08. The molecule has 0 aromatic carbocycles. The number of carbonyl (C=O) groups excluding carboxylic acids is 2. The Morgan fingerprint density at radius 1 is 1.47 bits per heavy atom. The van der Waals surface area contributed by atoms with Gasteiger partial charge in [-0.1, -0.05) is 0 Å². The molecule has 1 amide bonds. The molecule has 7 nitrogen and oxygen atoms in total. The molecule has 1 aromatic heterocycles. The zero-order chi connectivity index (χ0) is 11.3. The number of carbonyl (C=O) groups is 2. The Morgan fingerprint density at radius 2 is 2.20 bits per heavy atom. The van der Waals surface area contributed by atoms with Crippen LogP contribution in [0.1, 0.15) is 18.7 Å². The van der Waals surface area contributed by atoms with Crippen molar-refractivity contribution in [3.8, 4) is 0 Å². The fourth-order valence-electron chi connectivity index (χ4n) is 0.834. The second-order valence-electron chi connectivity index (χ2n) is 2.62. The number of rotatable bonds is 3. The first kappa shape index (κ1) is 11.2. The molecule has 1 N–H and O–H groups in total. The predicted octanol–water partition coefficient (Wildman–Crippen LogP) is -0.443. The summed E-state index contributed by atoms with van der Waals surface area (Å²) in [5.41, 5.74) is 0. The van der Waals surface area contributed by atoms with E-state index in [-0.39, 0.29) is 19.0 Å². The minimum atomic E-state index is -0.922. The highest BCUT2D eigenvalue weighted by Crippen LogP contribution is 1.96. The molecular weight excluding hydrogens is 202 g/mol. The maximum atomic E-state index is 11.0. The number of hydrogen-bond donors (Lipinski definition) is 1. The molecular formula is C8H11N3O4. The summed E-state index contributed by atoms with van der Waals surface area (Å²) >= 11 is 0. The average Bonchev–Trinajstić information content (AvgIpc) is 2.61. The van der Waals surface area contributed by atoms with Crippen molar-refractivity contribution in [2.75, 3.05) is 6.61 Å². The number of amides is 1. The highest BCUT2D eigenvalue weighted by atomic mass is 16.5. The molecule has 0 radical (unpaired) electrons. The molecule has 0 atom stereocenters. The van der Waals surface area contributed by atoms with Gasteiger partial charge in [-0.2, -0.15) is 0 Å². The summed E-state index contributed by atoms with van der Waals surface area (Å²) in [6.07, 6.45) is 0. The van der Waals surface area contributed by atoms with E-state index in [1.807, 2.05) is 0 Å². The third kappa shape index (κ3) is 3.37. The van der Waals surface area contributed by atoms with E-state index in [9.17, 15) is 9.59 Å². The van der Waals surface area contributed by atoms with Crippen LogP contribution in [0.25, 0.3) is 0 Å². The van der Waals surface area contributed by atoms with Gasteiger partial charge in [0.2, 0.25) is 11.8 Å². The average molecular weight is 213 g/mol. The molecule has 0 fully saturated rings. The zero-order valence-electron chi connectivity index (χ0n) is 8.44. The van der Waals surface area contributed by atoms with E-state index < -0.39 is 11.9 Å². The fourth-order valence-corrected chi connectivity index (χ4v) is 0.834. The second-order valence-corrected chi connectivity index (χ2v) is 2.62. The van der Waals surface area contributed by atoms with Crippen LogP contribution in [0.2, 0.25) is 0 Å². The predicted molar refractivity (Wildman–Crippen MR) is 47.5 cm³/mol. The Morgan fingerprint density at radius 3 is 2.73 bits per heavy atom. The van der Waals surface area contributed by atoms with Crippen molar-refractivity contribution in [3.63, 3.8) is 0 Å². The van der Waals surface area contributed by atoms with E-state index in [0.29, 0.717) is 5.89 Å². The summed E-state index contributed by atoms with van der Waals surface area (Å²) in [6, 6.07) is 0. The largest absolute Gasteiger partial charge is 0.459 e. The van der Waals surface area contributed by atoms with Gasteiger partial charge in [-0.15, -0.1) is 10.2 Å². The van der Waals surface area contributed by atoms with Crippen LogP contribution >= 0.6 is 0 Å². The maximum absolute atomic E-state index is 11.0. The highest BCUT2D eigenvalue weighted by Gasteiger charge is 2.14. The Balaban J connectivity index is 2.37. The van der Waals surface area contributed by atoms with E-state index in [4.69, 9.17) is 4.42 Å². The lowest BCUT2D eigenvalue weighted by atomic mass is 10.5.